The summed E-state index contributed by atoms with van der Waals surface area (Å²) in [5.41, 5.74) is 2.63. The molecule has 1 amide bonds. The van der Waals surface area contributed by atoms with Crippen molar-refractivity contribution in [3.05, 3.63) is 59.7 Å². The Bertz CT molecular complexity index is 1080. The van der Waals surface area contributed by atoms with Gasteiger partial charge in [0.1, 0.15) is 17.5 Å². The Morgan fingerprint density at radius 3 is 2.53 bits per heavy atom. The summed E-state index contributed by atoms with van der Waals surface area (Å²) >= 11 is 0. The molecule has 2 aliphatic heterocycles. The number of ether oxygens (including phenoxy) is 3. The summed E-state index contributed by atoms with van der Waals surface area (Å²) in [5.74, 6) is 1.10. The zero-order valence-electron chi connectivity index (χ0n) is 21.3. The monoisotopic (exact) mass is 493 g/mol. The van der Waals surface area contributed by atoms with Crippen molar-refractivity contribution in [2.24, 2.45) is 5.10 Å². The fourth-order valence-corrected chi connectivity index (χ4v) is 4.93. The van der Waals surface area contributed by atoms with Gasteiger partial charge in [-0.05, 0) is 63.1 Å². The van der Waals surface area contributed by atoms with E-state index < -0.39 is 6.04 Å². The average Bonchev–Trinajstić information content (AvgIpc) is 3.35. The summed E-state index contributed by atoms with van der Waals surface area (Å²) in [7, 11) is 1.63. The predicted octanol–water partition coefficient (Wildman–Crippen LogP) is 4.19. The number of amides is 1. The maximum absolute atomic E-state index is 13.7. The minimum absolute atomic E-state index is 0.111. The van der Waals surface area contributed by atoms with Gasteiger partial charge in [0, 0.05) is 12.0 Å². The largest absolute Gasteiger partial charge is 0.496 e. The number of methoxy groups -OCH3 is 1. The van der Waals surface area contributed by atoms with Gasteiger partial charge in [0.15, 0.2) is 0 Å². The van der Waals surface area contributed by atoms with E-state index in [0.717, 1.165) is 41.2 Å². The normalized spacial score (nSPS) is 20.1. The molecule has 4 rings (SSSR count). The number of esters is 1. The first kappa shape index (κ1) is 25.7. The maximum atomic E-state index is 13.7. The number of rotatable bonds is 9. The fraction of sp³-hybridized carbons (Fsp3) is 0.464. The van der Waals surface area contributed by atoms with Crippen LogP contribution in [0.4, 0.5) is 0 Å². The second-order valence-corrected chi connectivity index (χ2v) is 8.94. The summed E-state index contributed by atoms with van der Waals surface area (Å²) in [6, 6.07) is 14.9. The summed E-state index contributed by atoms with van der Waals surface area (Å²) in [6.45, 7) is 5.46. The van der Waals surface area contributed by atoms with Crippen LogP contribution in [0.2, 0.25) is 0 Å². The highest BCUT2D eigenvalue weighted by Crippen LogP contribution is 2.36. The third-order valence-corrected chi connectivity index (χ3v) is 6.67. The van der Waals surface area contributed by atoms with Crippen molar-refractivity contribution in [2.45, 2.75) is 51.6 Å². The van der Waals surface area contributed by atoms with Crippen LogP contribution in [0.1, 0.15) is 56.7 Å². The van der Waals surface area contributed by atoms with E-state index in [0.29, 0.717) is 32.6 Å². The Morgan fingerprint density at radius 1 is 1.03 bits per heavy atom. The SMILES string of the molecule is CCOC(=O)[C@@H]1CCCCN1CC(=O)N1N=C(c2ccccc2OC)C[C@H]1c1ccc(OCC)cc1. The maximum Gasteiger partial charge on any atom is 0.323 e. The first-order chi connectivity index (χ1) is 17.5. The number of likely N-dealkylation sites (tertiary alicyclic amines) is 1. The Kier molecular flexibility index (Phi) is 8.59. The second-order valence-electron chi connectivity index (χ2n) is 8.94. The molecule has 0 spiro atoms. The van der Waals surface area contributed by atoms with E-state index in [9.17, 15) is 9.59 Å². The number of para-hydroxylation sites is 1. The van der Waals surface area contributed by atoms with E-state index in [2.05, 4.69) is 0 Å². The van der Waals surface area contributed by atoms with Crippen LogP contribution in [0.5, 0.6) is 11.5 Å². The Labute approximate surface area is 212 Å². The average molecular weight is 494 g/mol. The van der Waals surface area contributed by atoms with Gasteiger partial charge >= 0.3 is 5.97 Å². The van der Waals surface area contributed by atoms with Gasteiger partial charge in [-0.25, -0.2) is 5.01 Å². The summed E-state index contributed by atoms with van der Waals surface area (Å²) in [4.78, 5) is 28.2. The van der Waals surface area contributed by atoms with Gasteiger partial charge in [0.05, 0.1) is 38.6 Å². The number of piperidine rings is 1. The third kappa shape index (κ3) is 5.70. The Morgan fingerprint density at radius 2 is 1.81 bits per heavy atom. The third-order valence-electron chi connectivity index (χ3n) is 6.67. The number of hydrogen-bond donors (Lipinski definition) is 0. The summed E-state index contributed by atoms with van der Waals surface area (Å²) < 4.78 is 16.4. The number of hydrazone groups is 1. The molecular formula is C28H35N3O5. The van der Waals surface area contributed by atoms with Gasteiger partial charge in [0.25, 0.3) is 5.91 Å². The molecule has 8 nitrogen and oxygen atoms in total. The topological polar surface area (TPSA) is 80.7 Å². The van der Waals surface area contributed by atoms with E-state index in [1.807, 2.05) is 60.4 Å². The molecule has 0 aromatic heterocycles. The molecule has 1 fully saturated rings. The van der Waals surface area contributed by atoms with Crippen molar-refractivity contribution < 1.29 is 23.8 Å². The smallest absolute Gasteiger partial charge is 0.323 e. The lowest BCUT2D eigenvalue weighted by Gasteiger charge is -2.34. The minimum atomic E-state index is -0.396. The Balaban J connectivity index is 1.61. The van der Waals surface area contributed by atoms with Crippen molar-refractivity contribution in [1.82, 2.24) is 9.91 Å². The van der Waals surface area contributed by atoms with Gasteiger partial charge in [0.2, 0.25) is 0 Å². The number of carbonyl (C=O) groups excluding carboxylic acids is 2. The molecule has 2 atom stereocenters. The van der Waals surface area contributed by atoms with Gasteiger partial charge in [-0.2, -0.15) is 5.10 Å². The number of carbonyl (C=O) groups is 2. The van der Waals surface area contributed by atoms with Crippen molar-refractivity contribution in [1.29, 1.82) is 0 Å². The summed E-state index contributed by atoms with van der Waals surface area (Å²) in [6.07, 6.45) is 3.15. The van der Waals surface area contributed by atoms with Crippen molar-refractivity contribution in [3.8, 4) is 11.5 Å². The zero-order valence-corrected chi connectivity index (χ0v) is 21.3. The molecule has 2 aromatic carbocycles. The molecule has 0 N–H and O–H groups in total. The number of nitrogens with zero attached hydrogens (tertiary/aromatic N) is 3. The van der Waals surface area contributed by atoms with E-state index in [1.165, 1.54) is 0 Å². The lowest BCUT2D eigenvalue weighted by atomic mass is 9.97. The first-order valence-electron chi connectivity index (χ1n) is 12.7. The molecule has 36 heavy (non-hydrogen) atoms. The number of hydrogen-bond acceptors (Lipinski definition) is 7. The molecule has 2 aromatic rings. The molecule has 2 aliphatic rings. The summed E-state index contributed by atoms with van der Waals surface area (Å²) in [5, 5.41) is 6.38. The molecule has 1 saturated heterocycles. The van der Waals surface area contributed by atoms with Gasteiger partial charge in [-0.15, -0.1) is 0 Å². The van der Waals surface area contributed by atoms with Crippen LogP contribution in [0, 0.1) is 0 Å². The van der Waals surface area contributed by atoms with E-state index in [-0.39, 0.29) is 24.5 Å². The zero-order chi connectivity index (χ0) is 25.5. The van der Waals surface area contributed by atoms with Crippen molar-refractivity contribution >= 4 is 17.6 Å². The molecule has 0 saturated carbocycles. The molecule has 0 aliphatic carbocycles. The minimum Gasteiger partial charge on any atom is -0.496 e. The highest BCUT2D eigenvalue weighted by atomic mass is 16.5. The van der Waals surface area contributed by atoms with Crippen LogP contribution in [-0.2, 0) is 14.3 Å². The number of benzene rings is 2. The molecule has 8 heteroatoms. The molecule has 0 radical (unpaired) electrons. The van der Waals surface area contributed by atoms with E-state index in [4.69, 9.17) is 19.3 Å². The second kappa shape index (κ2) is 12.0. The molecule has 0 unspecified atom stereocenters. The highest BCUT2D eigenvalue weighted by Gasteiger charge is 2.37. The van der Waals surface area contributed by atoms with Crippen molar-refractivity contribution in [3.63, 3.8) is 0 Å². The van der Waals surface area contributed by atoms with E-state index in [1.54, 1.807) is 19.0 Å². The molecule has 0 bridgehead atoms. The first-order valence-corrected chi connectivity index (χ1v) is 12.7. The van der Waals surface area contributed by atoms with Crippen LogP contribution in [0.15, 0.2) is 53.6 Å². The predicted molar refractivity (Wildman–Crippen MR) is 137 cm³/mol. The quantitative estimate of drug-likeness (QED) is 0.488. The van der Waals surface area contributed by atoms with Crippen LogP contribution >= 0.6 is 0 Å². The molecular weight excluding hydrogens is 458 g/mol. The van der Waals surface area contributed by atoms with Crippen LogP contribution in [-0.4, -0.2) is 67.0 Å². The lowest BCUT2D eigenvalue weighted by molar-refractivity contribution is -0.152. The Hall–Kier alpha value is -3.39. The van der Waals surface area contributed by atoms with Gasteiger partial charge < -0.3 is 14.2 Å². The fourth-order valence-electron chi connectivity index (χ4n) is 4.93. The molecule has 2 heterocycles. The van der Waals surface area contributed by atoms with Crippen LogP contribution < -0.4 is 9.47 Å². The van der Waals surface area contributed by atoms with Crippen LogP contribution in [0.3, 0.4) is 0 Å². The standard InChI is InChI=1S/C28H35N3O5/c1-4-35-21-15-13-20(14-16-21)25-18-23(22-10-6-7-12-26(22)34-3)29-31(25)27(32)19-30-17-9-8-11-24(30)28(33)36-5-2/h6-7,10,12-16,24-25H,4-5,8-9,11,17-19H2,1-3H3/t24-,25-/m0/s1. The van der Waals surface area contributed by atoms with Gasteiger partial charge in [-0.1, -0.05) is 30.7 Å². The lowest BCUT2D eigenvalue weighted by Crippen LogP contribution is -2.49. The highest BCUT2D eigenvalue weighted by molar-refractivity contribution is 6.05. The van der Waals surface area contributed by atoms with Gasteiger partial charge in [-0.3, -0.25) is 14.5 Å². The van der Waals surface area contributed by atoms with Crippen molar-refractivity contribution in [2.75, 3.05) is 33.4 Å². The molecule has 192 valence electrons. The van der Waals surface area contributed by atoms with Crippen LogP contribution in [0.25, 0.3) is 0 Å². The van der Waals surface area contributed by atoms with E-state index >= 15 is 0 Å².